The van der Waals surface area contributed by atoms with E-state index < -0.39 is 0 Å². The number of ether oxygens (including phenoxy) is 1. The third-order valence-electron chi connectivity index (χ3n) is 4.43. The number of hydrogen-bond acceptors (Lipinski definition) is 3. The molecule has 2 fully saturated rings. The Bertz CT molecular complexity index is 290. The van der Waals surface area contributed by atoms with E-state index in [-0.39, 0.29) is 12.0 Å². The molecule has 0 aromatic rings. The number of nitrogens with zero attached hydrogens (tertiary/aromatic N) is 1. The van der Waals surface area contributed by atoms with Gasteiger partial charge in [-0.3, -0.25) is 4.79 Å². The van der Waals surface area contributed by atoms with Gasteiger partial charge in [0.15, 0.2) is 0 Å². The van der Waals surface area contributed by atoms with Crippen molar-refractivity contribution in [2.75, 3.05) is 26.2 Å². The van der Waals surface area contributed by atoms with Crippen LogP contribution in [-0.2, 0) is 9.53 Å². The zero-order valence-electron chi connectivity index (χ0n) is 12.4. The predicted molar refractivity (Wildman–Crippen MR) is 76.0 cm³/mol. The smallest absolute Gasteiger partial charge is 0.251 e. The number of carbonyl (C=O) groups excluding carboxylic acids is 1. The van der Waals surface area contributed by atoms with Gasteiger partial charge in [0.25, 0.3) is 5.91 Å². The van der Waals surface area contributed by atoms with Crippen LogP contribution in [0.2, 0.25) is 0 Å². The summed E-state index contributed by atoms with van der Waals surface area (Å²) in [6.45, 7) is 8.05. The van der Waals surface area contributed by atoms with Crippen molar-refractivity contribution < 1.29 is 9.53 Å². The van der Waals surface area contributed by atoms with Crippen molar-refractivity contribution in [3.63, 3.8) is 0 Å². The van der Waals surface area contributed by atoms with Gasteiger partial charge < -0.3 is 15.0 Å². The summed E-state index contributed by atoms with van der Waals surface area (Å²) in [5.41, 5.74) is 0. The van der Waals surface area contributed by atoms with Crippen LogP contribution in [-0.4, -0.2) is 49.2 Å². The molecule has 110 valence electrons. The van der Waals surface area contributed by atoms with Crippen LogP contribution in [0.3, 0.4) is 0 Å². The minimum atomic E-state index is -0.155. The van der Waals surface area contributed by atoms with E-state index in [0.29, 0.717) is 12.0 Å². The SMILES string of the molecule is CCCNC1CCN(C(=O)C2CCCO2)CC1CC. The lowest BCUT2D eigenvalue weighted by molar-refractivity contribution is -0.143. The molecule has 0 radical (unpaired) electrons. The van der Waals surface area contributed by atoms with Crippen molar-refractivity contribution >= 4 is 5.91 Å². The highest BCUT2D eigenvalue weighted by Crippen LogP contribution is 2.23. The molecule has 3 atom stereocenters. The van der Waals surface area contributed by atoms with Gasteiger partial charge >= 0.3 is 0 Å². The molecular weight excluding hydrogens is 240 g/mol. The van der Waals surface area contributed by atoms with Gasteiger partial charge in [-0.2, -0.15) is 0 Å². The minimum absolute atomic E-state index is 0.155. The Morgan fingerprint density at radius 2 is 2.21 bits per heavy atom. The van der Waals surface area contributed by atoms with Crippen molar-refractivity contribution in [1.29, 1.82) is 0 Å². The van der Waals surface area contributed by atoms with Crippen LogP contribution in [0.5, 0.6) is 0 Å². The second-order valence-electron chi connectivity index (χ2n) is 5.80. The third-order valence-corrected chi connectivity index (χ3v) is 4.43. The van der Waals surface area contributed by atoms with Gasteiger partial charge in [0.2, 0.25) is 0 Å². The van der Waals surface area contributed by atoms with Gasteiger partial charge in [0, 0.05) is 25.7 Å². The van der Waals surface area contributed by atoms with Gasteiger partial charge in [-0.25, -0.2) is 0 Å². The zero-order chi connectivity index (χ0) is 13.7. The van der Waals surface area contributed by atoms with E-state index in [4.69, 9.17) is 4.74 Å². The molecule has 19 heavy (non-hydrogen) atoms. The molecule has 0 aromatic heterocycles. The molecule has 0 saturated carbocycles. The second-order valence-corrected chi connectivity index (χ2v) is 5.80. The van der Waals surface area contributed by atoms with E-state index in [2.05, 4.69) is 19.2 Å². The zero-order valence-corrected chi connectivity index (χ0v) is 12.4. The van der Waals surface area contributed by atoms with Crippen molar-refractivity contribution in [2.24, 2.45) is 5.92 Å². The van der Waals surface area contributed by atoms with Crippen LogP contribution in [0.25, 0.3) is 0 Å². The molecule has 4 nitrogen and oxygen atoms in total. The fourth-order valence-corrected chi connectivity index (χ4v) is 3.22. The van der Waals surface area contributed by atoms with Gasteiger partial charge in [-0.05, 0) is 38.1 Å². The Balaban J connectivity index is 1.86. The number of carbonyl (C=O) groups is 1. The number of rotatable bonds is 5. The number of nitrogens with one attached hydrogen (secondary N) is 1. The molecule has 0 aromatic carbocycles. The lowest BCUT2D eigenvalue weighted by Crippen LogP contribution is -2.53. The molecule has 1 N–H and O–H groups in total. The Kier molecular flexibility index (Phi) is 5.64. The maximum atomic E-state index is 12.4. The summed E-state index contributed by atoms with van der Waals surface area (Å²) < 4.78 is 5.52. The van der Waals surface area contributed by atoms with Crippen LogP contribution in [0, 0.1) is 5.92 Å². The standard InChI is InChI=1S/C15H28N2O2/c1-3-8-16-13-7-9-17(11-12(13)4-2)15(18)14-6-5-10-19-14/h12-14,16H,3-11H2,1-2H3. The highest BCUT2D eigenvalue weighted by atomic mass is 16.5. The molecule has 2 aliphatic rings. The average molecular weight is 268 g/mol. The summed E-state index contributed by atoms with van der Waals surface area (Å²) in [6, 6.07) is 0.582. The third kappa shape index (κ3) is 3.69. The highest BCUT2D eigenvalue weighted by molar-refractivity contribution is 5.81. The Hall–Kier alpha value is -0.610. The number of piperidine rings is 1. The van der Waals surface area contributed by atoms with Crippen LogP contribution < -0.4 is 5.32 Å². The summed E-state index contributed by atoms with van der Waals surface area (Å²) in [5, 5.41) is 3.63. The maximum Gasteiger partial charge on any atom is 0.251 e. The van der Waals surface area contributed by atoms with Crippen LogP contribution in [0.1, 0.15) is 46.0 Å². The first-order chi connectivity index (χ1) is 9.26. The number of amides is 1. The largest absolute Gasteiger partial charge is 0.368 e. The molecule has 0 bridgehead atoms. The predicted octanol–water partition coefficient (Wildman–Crippen LogP) is 1.79. The van der Waals surface area contributed by atoms with Gasteiger partial charge in [-0.1, -0.05) is 20.3 Å². The van der Waals surface area contributed by atoms with Gasteiger partial charge in [-0.15, -0.1) is 0 Å². The summed E-state index contributed by atoms with van der Waals surface area (Å²) in [6.07, 6.45) is 5.17. The van der Waals surface area contributed by atoms with Crippen molar-refractivity contribution in [3.05, 3.63) is 0 Å². The van der Waals surface area contributed by atoms with Crippen molar-refractivity contribution in [3.8, 4) is 0 Å². The molecule has 1 amide bonds. The van der Waals surface area contributed by atoms with E-state index in [0.717, 1.165) is 51.9 Å². The minimum Gasteiger partial charge on any atom is -0.368 e. The van der Waals surface area contributed by atoms with Gasteiger partial charge in [0.05, 0.1) is 0 Å². The monoisotopic (exact) mass is 268 g/mol. The molecule has 2 saturated heterocycles. The molecule has 0 spiro atoms. The van der Waals surface area contributed by atoms with Crippen molar-refractivity contribution in [2.45, 2.75) is 58.1 Å². The van der Waals surface area contributed by atoms with E-state index in [1.165, 1.54) is 6.42 Å². The molecular formula is C15H28N2O2. The van der Waals surface area contributed by atoms with Gasteiger partial charge in [0.1, 0.15) is 6.10 Å². The average Bonchev–Trinajstić information content (AvgIpc) is 2.98. The molecule has 4 heteroatoms. The van der Waals surface area contributed by atoms with E-state index >= 15 is 0 Å². The van der Waals surface area contributed by atoms with E-state index in [1.807, 2.05) is 4.90 Å². The Labute approximate surface area is 116 Å². The first-order valence-corrected chi connectivity index (χ1v) is 7.90. The number of likely N-dealkylation sites (tertiary alicyclic amines) is 1. The fraction of sp³-hybridized carbons (Fsp3) is 0.933. The quantitative estimate of drug-likeness (QED) is 0.826. The van der Waals surface area contributed by atoms with Crippen LogP contribution >= 0.6 is 0 Å². The topological polar surface area (TPSA) is 41.6 Å². The second kappa shape index (κ2) is 7.25. The molecule has 2 heterocycles. The van der Waals surface area contributed by atoms with Crippen molar-refractivity contribution in [1.82, 2.24) is 10.2 Å². The first-order valence-electron chi connectivity index (χ1n) is 7.90. The Morgan fingerprint density at radius 1 is 1.37 bits per heavy atom. The van der Waals surface area contributed by atoms with Crippen LogP contribution in [0.15, 0.2) is 0 Å². The maximum absolute atomic E-state index is 12.4. The molecule has 3 unspecified atom stereocenters. The molecule has 0 aliphatic carbocycles. The van der Waals surface area contributed by atoms with Crippen LogP contribution in [0.4, 0.5) is 0 Å². The Morgan fingerprint density at radius 3 is 2.84 bits per heavy atom. The highest BCUT2D eigenvalue weighted by Gasteiger charge is 2.34. The molecule has 2 aliphatic heterocycles. The first kappa shape index (κ1) is 14.8. The van der Waals surface area contributed by atoms with E-state index in [1.54, 1.807) is 0 Å². The summed E-state index contributed by atoms with van der Waals surface area (Å²) in [7, 11) is 0. The normalized spacial score (nSPS) is 31.7. The van der Waals surface area contributed by atoms with E-state index in [9.17, 15) is 4.79 Å². The summed E-state index contributed by atoms with van der Waals surface area (Å²) in [5.74, 6) is 0.815. The lowest BCUT2D eigenvalue weighted by atomic mass is 9.89. The fourth-order valence-electron chi connectivity index (χ4n) is 3.22. The molecule has 2 rings (SSSR count). The number of hydrogen-bond donors (Lipinski definition) is 1. The summed E-state index contributed by atoms with van der Waals surface area (Å²) >= 11 is 0. The lowest BCUT2D eigenvalue weighted by Gasteiger charge is -2.39. The summed E-state index contributed by atoms with van der Waals surface area (Å²) in [4.78, 5) is 14.4.